The van der Waals surface area contributed by atoms with Crippen LogP contribution < -0.4 is 20.1 Å². The van der Waals surface area contributed by atoms with E-state index in [1.807, 2.05) is 31.3 Å². The maximum Gasteiger partial charge on any atom is 0.320 e. The topological polar surface area (TPSA) is 192 Å². The Hall–Kier alpha value is -4.50. The lowest BCUT2D eigenvalue weighted by Crippen LogP contribution is -2.34. The average Bonchev–Trinajstić information content (AvgIpc) is 3.50. The lowest BCUT2D eigenvalue weighted by molar-refractivity contribution is -0.123. The van der Waals surface area contributed by atoms with E-state index in [0.717, 1.165) is 27.8 Å². The molecule has 15 heteroatoms. The number of likely N-dealkylation sites (N-methyl/N-ethyl adjacent to an activating group) is 1. The quantitative estimate of drug-likeness (QED) is 0.219. The summed E-state index contributed by atoms with van der Waals surface area (Å²) >= 11 is 1.45. The number of methoxy groups -OCH3 is 2. The van der Waals surface area contributed by atoms with Crippen LogP contribution in [0.2, 0.25) is 0 Å². The van der Waals surface area contributed by atoms with Crippen LogP contribution in [0.1, 0.15) is 0 Å². The first kappa shape index (κ1) is 28.7. The van der Waals surface area contributed by atoms with E-state index in [1.165, 1.54) is 11.3 Å². The zero-order valence-corrected chi connectivity index (χ0v) is 21.3. The van der Waals surface area contributed by atoms with Crippen LogP contribution >= 0.6 is 11.3 Å². The fourth-order valence-corrected chi connectivity index (χ4v) is 4.01. The van der Waals surface area contributed by atoms with Gasteiger partial charge in [-0.05, 0) is 26.2 Å². The fourth-order valence-electron chi connectivity index (χ4n) is 3.25. The molecule has 4 heterocycles. The molecule has 0 bridgehead atoms. The van der Waals surface area contributed by atoms with Gasteiger partial charge in [0.15, 0.2) is 11.4 Å². The van der Waals surface area contributed by atoms with Crippen molar-refractivity contribution in [3.63, 3.8) is 0 Å². The number of aromatic amines is 1. The maximum atomic E-state index is 12.1. The number of carbonyl (C=O) groups is 3. The maximum absolute atomic E-state index is 12.1. The molecule has 4 aromatic rings. The smallest absolute Gasteiger partial charge is 0.320 e. The molecule has 0 saturated carbocycles. The van der Waals surface area contributed by atoms with Gasteiger partial charge in [-0.25, -0.2) is 14.8 Å². The molecule has 4 aromatic heterocycles. The molecule has 0 saturated heterocycles. The monoisotopic (exact) mass is 533 g/mol. The first-order valence-corrected chi connectivity index (χ1v) is 11.4. The van der Waals surface area contributed by atoms with Crippen LogP contribution in [0.5, 0.6) is 11.6 Å². The Bertz CT molecular complexity index is 1330. The first-order chi connectivity index (χ1) is 17.8. The highest BCUT2D eigenvalue weighted by Crippen LogP contribution is 2.45. The van der Waals surface area contributed by atoms with Gasteiger partial charge in [0.05, 0.1) is 25.3 Å². The van der Waals surface area contributed by atoms with E-state index >= 15 is 0 Å². The number of urea groups is 1. The fraction of sp³-hybridized carbons (Fsp3) is 0.273. The minimum atomic E-state index is -0.302. The Kier molecular flexibility index (Phi) is 11.0. The number of pyridine rings is 2. The SMILES string of the molecule is COc1nc2ncsc2c(OC)c1-c1c[nH]c2nc(NC(=O)NCCN(C)C)ccc12.O=CO.O=CO. The van der Waals surface area contributed by atoms with E-state index in [4.69, 9.17) is 29.3 Å². The molecule has 4 rings (SSSR count). The molecule has 0 unspecified atom stereocenters. The Morgan fingerprint density at radius 2 is 1.86 bits per heavy atom. The molecular weight excluding hydrogens is 506 g/mol. The molecular formula is C22H27N7O7S. The van der Waals surface area contributed by atoms with Crippen molar-refractivity contribution < 1.29 is 34.1 Å². The van der Waals surface area contributed by atoms with Gasteiger partial charge in [0.25, 0.3) is 12.9 Å². The largest absolute Gasteiger partial charge is 0.494 e. The van der Waals surface area contributed by atoms with Crippen molar-refractivity contribution in [2.45, 2.75) is 0 Å². The summed E-state index contributed by atoms with van der Waals surface area (Å²) in [5.41, 5.74) is 4.47. The highest BCUT2D eigenvalue weighted by atomic mass is 32.1. The van der Waals surface area contributed by atoms with Crippen molar-refractivity contribution in [2.75, 3.05) is 46.7 Å². The van der Waals surface area contributed by atoms with Gasteiger partial charge in [0.1, 0.15) is 16.2 Å². The van der Waals surface area contributed by atoms with Crippen molar-refractivity contribution in [2.24, 2.45) is 0 Å². The van der Waals surface area contributed by atoms with E-state index in [2.05, 4.69) is 30.6 Å². The van der Waals surface area contributed by atoms with E-state index in [1.54, 1.807) is 25.8 Å². The van der Waals surface area contributed by atoms with Crippen LogP contribution in [0, 0.1) is 0 Å². The summed E-state index contributed by atoms with van der Waals surface area (Å²) in [7, 11) is 7.07. The Morgan fingerprint density at radius 1 is 1.16 bits per heavy atom. The number of carbonyl (C=O) groups excluding carboxylic acids is 1. The number of H-pyrrole nitrogens is 1. The number of carboxylic acid groups (broad SMARTS) is 2. The molecule has 0 aliphatic rings. The third-order valence-electron chi connectivity index (χ3n) is 4.69. The highest BCUT2D eigenvalue weighted by Gasteiger charge is 2.23. The van der Waals surface area contributed by atoms with Gasteiger partial charge in [-0.15, -0.1) is 11.3 Å². The van der Waals surface area contributed by atoms with Crippen LogP contribution in [-0.2, 0) is 9.59 Å². The molecule has 198 valence electrons. The van der Waals surface area contributed by atoms with Crippen molar-refractivity contribution in [1.29, 1.82) is 0 Å². The van der Waals surface area contributed by atoms with Gasteiger partial charge in [-0.1, -0.05) is 0 Å². The summed E-state index contributed by atoms with van der Waals surface area (Å²) in [6.07, 6.45) is 1.83. The van der Waals surface area contributed by atoms with E-state index in [9.17, 15) is 4.79 Å². The van der Waals surface area contributed by atoms with Crippen LogP contribution in [0.4, 0.5) is 10.6 Å². The van der Waals surface area contributed by atoms with E-state index in [0.29, 0.717) is 35.3 Å². The second-order valence-electron chi connectivity index (χ2n) is 7.22. The lowest BCUT2D eigenvalue weighted by atomic mass is 10.1. The Labute approximate surface area is 215 Å². The van der Waals surface area contributed by atoms with Crippen LogP contribution in [-0.4, -0.2) is 95.4 Å². The summed E-state index contributed by atoms with van der Waals surface area (Å²) in [6, 6.07) is 3.34. The number of aromatic nitrogens is 4. The molecule has 14 nitrogen and oxygen atoms in total. The molecule has 0 aromatic carbocycles. The predicted octanol–water partition coefficient (Wildman–Crippen LogP) is 2.34. The van der Waals surface area contributed by atoms with Crippen molar-refractivity contribution in [1.82, 2.24) is 30.2 Å². The van der Waals surface area contributed by atoms with Crippen molar-refractivity contribution in [3.8, 4) is 22.8 Å². The molecule has 0 radical (unpaired) electrons. The summed E-state index contributed by atoms with van der Waals surface area (Å²) in [4.78, 5) is 47.3. The normalized spacial score (nSPS) is 10.1. The minimum Gasteiger partial charge on any atom is -0.494 e. The van der Waals surface area contributed by atoms with Crippen LogP contribution in [0.25, 0.3) is 32.5 Å². The standard InChI is InChI=1S/C20H23N7O3S.2CH2O2/c1-27(2)8-7-21-20(28)25-13-6-5-11-12(9-22-17(11)24-13)14-15(29-3)16-18(23-10-31-16)26-19(14)30-4;2*2-1-3/h5-6,9-10H,7-8H2,1-4H3,(H3,21,22,24,25,28);2*1H,(H,2,3). The molecule has 0 fully saturated rings. The Morgan fingerprint density at radius 3 is 2.49 bits per heavy atom. The Balaban J connectivity index is 0.000000733. The number of hydrogen-bond donors (Lipinski definition) is 5. The van der Waals surface area contributed by atoms with Gasteiger partial charge in [-0.3, -0.25) is 14.9 Å². The molecule has 0 aliphatic carbocycles. The zero-order valence-electron chi connectivity index (χ0n) is 20.5. The minimum absolute atomic E-state index is 0.250. The zero-order chi connectivity index (χ0) is 27.4. The lowest BCUT2D eigenvalue weighted by Gasteiger charge is -2.12. The number of nitrogens with zero attached hydrogens (tertiary/aromatic N) is 4. The van der Waals surface area contributed by atoms with Crippen molar-refractivity contribution >= 4 is 57.5 Å². The third-order valence-corrected chi connectivity index (χ3v) is 5.51. The third kappa shape index (κ3) is 7.25. The van der Waals surface area contributed by atoms with E-state index in [-0.39, 0.29) is 19.0 Å². The molecule has 0 atom stereocenters. The summed E-state index contributed by atoms with van der Waals surface area (Å²) in [6.45, 7) is 0.794. The van der Waals surface area contributed by atoms with Gasteiger partial charge in [0.2, 0.25) is 5.88 Å². The van der Waals surface area contributed by atoms with Gasteiger partial charge in [0, 0.05) is 30.2 Å². The van der Waals surface area contributed by atoms with Gasteiger partial charge >= 0.3 is 6.03 Å². The number of thiazole rings is 1. The summed E-state index contributed by atoms with van der Waals surface area (Å²) in [5.74, 6) is 1.50. The molecule has 0 spiro atoms. The molecule has 37 heavy (non-hydrogen) atoms. The number of ether oxygens (including phenoxy) is 2. The van der Waals surface area contributed by atoms with Crippen LogP contribution in [0.15, 0.2) is 23.8 Å². The second kappa shape index (κ2) is 14.2. The summed E-state index contributed by atoms with van der Waals surface area (Å²) in [5, 5.41) is 20.2. The number of amides is 2. The molecule has 0 aliphatic heterocycles. The van der Waals surface area contributed by atoms with Gasteiger partial charge in [-0.2, -0.15) is 4.98 Å². The van der Waals surface area contributed by atoms with Gasteiger partial charge < -0.3 is 34.9 Å². The molecule has 5 N–H and O–H groups in total. The number of fused-ring (bicyclic) bond motifs is 2. The van der Waals surface area contributed by atoms with Crippen molar-refractivity contribution in [3.05, 3.63) is 23.8 Å². The first-order valence-electron chi connectivity index (χ1n) is 10.5. The number of nitrogens with one attached hydrogen (secondary N) is 3. The number of hydrogen-bond acceptors (Lipinski definition) is 10. The average molecular weight is 534 g/mol. The molecule has 2 amide bonds. The predicted molar refractivity (Wildman–Crippen MR) is 139 cm³/mol. The van der Waals surface area contributed by atoms with Crippen LogP contribution in [0.3, 0.4) is 0 Å². The number of anilines is 1. The second-order valence-corrected chi connectivity index (χ2v) is 8.08. The number of rotatable bonds is 7. The summed E-state index contributed by atoms with van der Waals surface area (Å²) < 4.78 is 12.1. The van der Waals surface area contributed by atoms with E-state index < -0.39 is 0 Å². The highest BCUT2D eigenvalue weighted by molar-refractivity contribution is 7.17.